The van der Waals surface area contributed by atoms with Gasteiger partial charge < -0.3 is 5.11 Å². The summed E-state index contributed by atoms with van der Waals surface area (Å²) in [5.41, 5.74) is 2.14. The summed E-state index contributed by atoms with van der Waals surface area (Å²) in [6, 6.07) is 3.06. The summed E-state index contributed by atoms with van der Waals surface area (Å²) in [6.07, 6.45) is 0.125. The highest BCUT2D eigenvalue weighted by Crippen LogP contribution is 2.07. The van der Waals surface area contributed by atoms with Crippen LogP contribution in [0.25, 0.3) is 0 Å². The zero-order chi connectivity index (χ0) is 13.3. The molecule has 5 nitrogen and oxygen atoms in total. The first-order chi connectivity index (χ1) is 8.47. The molecule has 0 radical (unpaired) electrons. The van der Waals surface area contributed by atoms with Crippen LogP contribution in [0.4, 0.5) is 0 Å². The Morgan fingerprint density at radius 3 is 2.50 bits per heavy atom. The van der Waals surface area contributed by atoms with Gasteiger partial charge in [-0.05, 0) is 43.5 Å². The summed E-state index contributed by atoms with van der Waals surface area (Å²) >= 11 is 0. The molecule has 0 aliphatic carbocycles. The number of benzene rings is 1. The normalized spacial score (nSPS) is 17.7. The fraction of sp³-hybridized carbons (Fsp3) is 0.385. The van der Waals surface area contributed by atoms with Gasteiger partial charge in [-0.25, -0.2) is 4.99 Å². The lowest BCUT2D eigenvalue weighted by Crippen LogP contribution is -2.37. The molecular formula is C13H14N2O3. The third-order valence-corrected chi connectivity index (χ3v) is 3.03. The Hall–Kier alpha value is -2.04. The van der Waals surface area contributed by atoms with Gasteiger partial charge in [0.25, 0.3) is 5.91 Å². The molecule has 1 aromatic rings. The number of hydrogen-bond acceptors (Lipinski definition) is 3. The lowest BCUT2D eigenvalue weighted by molar-refractivity contribution is -0.137. The third kappa shape index (κ3) is 2.45. The van der Waals surface area contributed by atoms with E-state index in [0.29, 0.717) is 10.7 Å². The maximum Gasteiger partial charge on any atom is 0.303 e. The van der Waals surface area contributed by atoms with Crippen LogP contribution >= 0.6 is 0 Å². The molecule has 0 aromatic heterocycles. The first-order valence-corrected chi connectivity index (χ1v) is 5.77. The summed E-state index contributed by atoms with van der Waals surface area (Å²) in [6.45, 7) is 3.92. The molecule has 1 unspecified atom stereocenters. The number of carbonyl (C=O) groups is 2. The van der Waals surface area contributed by atoms with Crippen molar-refractivity contribution in [3.05, 3.63) is 34.0 Å². The van der Waals surface area contributed by atoms with Crippen molar-refractivity contribution in [2.24, 2.45) is 9.98 Å². The van der Waals surface area contributed by atoms with Gasteiger partial charge in [0, 0.05) is 6.42 Å². The van der Waals surface area contributed by atoms with E-state index in [1.54, 1.807) is 0 Å². The molecule has 94 valence electrons. The number of aryl methyl sites for hydroxylation is 2. The van der Waals surface area contributed by atoms with Crippen molar-refractivity contribution < 1.29 is 14.7 Å². The van der Waals surface area contributed by atoms with Gasteiger partial charge in [-0.15, -0.1) is 0 Å². The molecule has 1 heterocycles. The first-order valence-electron chi connectivity index (χ1n) is 5.77. The van der Waals surface area contributed by atoms with Gasteiger partial charge in [-0.1, -0.05) is 0 Å². The highest BCUT2D eigenvalue weighted by atomic mass is 16.4. The molecule has 1 atom stereocenters. The minimum Gasteiger partial charge on any atom is -0.481 e. The molecule has 5 heteroatoms. The molecule has 0 saturated heterocycles. The lowest BCUT2D eigenvalue weighted by Gasteiger charge is -2.11. The van der Waals surface area contributed by atoms with Crippen LogP contribution in [0.1, 0.15) is 24.0 Å². The number of amides is 1. The average Bonchev–Trinajstić information content (AvgIpc) is 2.29. The predicted molar refractivity (Wildman–Crippen MR) is 63.9 cm³/mol. The standard InChI is InChI=1S/C13H14N2O3/c1-7-5-10-11(6-8(7)2)15-13(18)9(14-10)3-4-12(16)17/h5-6,9H,3-4H2,1-2H3,(H,16,17). The number of hydrogen-bond donors (Lipinski definition) is 1. The number of carbonyl (C=O) groups excluding carboxylic acids is 1. The Morgan fingerprint density at radius 2 is 1.89 bits per heavy atom. The summed E-state index contributed by atoms with van der Waals surface area (Å²) in [5.74, 6) is -1.28. The van der Waals surface area contributed by atoms with Crippen LogP contribution in [-0.2, 0) is 9.59 Å². The van der Waals surface area contributed by atoms with Crippen LogP contribution in [-0.4, -0.2) is 23.0 Å². The predicted octanol–water partition coefficient (Wildman–Crippen LogP) is 0.316. The molecular weight excluding hydrogens is 232 g/mol. The van der Waals surface area contributed by atoms with Crippen LogP contribution in [0.3, 0.4) is 0 Å². The highest BCUT2D eigenvalue weighted by Gasteiger charge is 2.20. The number of aliphatic carboxylic acids is 1. The molecule has 1 aliphatic rings. The molecule has 0 bridgehead atoms. The summed E-state index contributed by atoms with van der Waals surface area (Å²) in [5, 5.41) is 9.88. The Labute approximate surface area is 104 Å². The van der Waals surface area contributed by atoms with Gasteiger partial charge in [0.15, 0.2) is 0 Å². The first kappa shape index (κ1) is 12.4. The number of carboxylic acids is 1. The van der Waals surface area contributed by atoms with Crippen molar-refractivity contribution in [2.45, 2.75) is 32.7 Å². The number of rotatable bonds is 3. The maximum absolute atomic E-state index is 11.7. The van der Waals surface area contributed by atoms with Crippen LogP contribution < -0.4 is 10.7 Å². The molecule has 1 aliphatic heterocycles. The zero-order valence-electron chi connectivity index (χ0n) is 10.3. The number of fused-ring (bicyclic) bond motifs is 1. The summed E-state index contributed by atoms with van der Waals surface area (Å²) < 4.78 is 0. The Kier molecular flexibility index (Phi) is 3.23. The van der Waals surface area contributed by atoms with Crippen molar-refractivity contribution >= 4 is 11.9 Å². The topological polar surface area (TPSA) is 79.1 Å². The van der Waals surface area contributed by atoms with E-state index in [1.807, 2.05) is 26.0 Å². The van der Waals surface area contributed by atoms with Crippen molar-refractivity contribution in [2.75, 3.05) is 0 Å². The Balaban J connectivity index is 2.40. The van der Waals surface area contributed by atoms with Crippen molar-refractivity contribution in [3.8, 4) is 0 Å². The minimum absolute atomic E-state index is 0.0738. The second kappa shape index (κ2) is 4.68. The quantitative estimate of drug-likeness (QED) is 0.834. The molecule has 1 amide bonds. The molecule has 0 spiro atoms. The van der Waals surface area contributed by atoms with E-state index >= 15 is 0 Å². The van der Waals surface area contributed by atoms with E-state index in [9.17, 15) is 9.59 Å². The van der Waals surface area contributed by atoms with E-state index in [1.165, 1.54) is 0 Å². The molecule has 1 N–H and O–H groups in total. The van der Waals surface area contributed by atoms with Crippen molar-refractivity contribution in [1.82, 2.24) is 0 Å². The summed E-state index contributed by atoms with van der Waals surface area (Å²) in [4.78, 5) is 30.5. The Bertz CT molecular complexity index is 634. The minimum atomic E-state index is -0.927. The number of nitrogens with zero attached hydrogens (tertiary/aromatic N) is 2. The van der Waals surface area contributed by atoms with E-state index in [-0.39, 0.29) is 18.7 Å². The van der Waals surface area contributed by atoms with Gasteiger partial charge in [-0.2, -0.15) is 0 Å². The SMILES string of the molecule is Cc1cc2c(cc1C)=NC(CCC(=O)O)C(=O)N=2. The largest absolute Gasteiger partial charge is 0.481 e. The van der Waals surface area contributed by atoms with E-state index < -0.39 is 12.0 Å². The van der Waals surface area contributed by atoms with Crippen molar-refractivity contribution in [1.29, 1.82) is 0 Å². The maximum atomic E-state index is 11.7. The second-order valence-electron chi connectivity index (χ2n) is 4.45. The van der Waals surface area contributed by atoms with Gasteiger partial charge >= 0.3 is 5.97 Å². The monoisotopic (exact) mass is 246 g/mol. The zero-order valence-corrected chi connectivity index (χ0v) is 10.3. The highest BCUT2D eigenvalue weighted by molar-refractivity contribution is 5.84. The molecule has 1 aromatic carbocycles. The van der Waals surface area contributed by atoms with E-state index in [2.05, 4.69) is 9.98 Å². The third-order valence-electron chi connectivity index (χ3n) is 3.03. The van der Waals surface area contributed by atoms with Crippen LogP contribution in [0, 0.1) is 13.8 Å². The Morgan fingerprint density at radius 1 is 1.28 bits per heavy atom. The molecule has 0 fully saturated rings. The fourth-order valence-electron chi connectivity index (χ4n) is 1.84. The van der Waals surface area contributed by atoms with E-state index in [4.69, 9.17) is 5.11 Å². The van der Waals surface area contributed by atoms with Crippen LogP contribution in [0.2, 0.25) is 0 Å². The average molecular weight is 246 g/mol. The van der Waals surface area contributed by atoms with Gasteiger partial charge in [0.2, 0.25) is 0 Å². The van der Waals surface area contributed by atoms with Crippen molar-refractivity contribution in [3.63, 3.8) is 0 Å². The second-order valence-corrected chi connectivity index (χ2v) is 4.45. The van der Waals surface area contributed by atoms with Gasteiger partial charge in [0.05, 0.1) is 10.7 Å². The summed E-state index contributed by atoms with van der Waals surface area (Å²) in [7, 11) is 0. The smallest absolute Gasteiger partial charge is 0.303 e. The van der Waals surface area contributed by atoms with Gasteiger partial charge in [-0.3, -0.25) is 14.6 Å². The number of carboxylic acid groups (broad SMARTS) is 1. The van der Waals surface area contributed by atoms with Gasteiger partial charge in [0.1, 0.15) is 6.04 Å². The molecule has 18 heavy (non-hydrogen) atoms. The van der Waals surface area contributed by atoms with Crippen LogP contribution in [0.15, 0.2) is 22.1 Å². The van der Waals surface area contributed by atoms with E-state index in [0.717, 1.165) is 11.1 Å². The van der Waals surface area contributed by atoms with Crippen LogP contribution in [0.5, 0.6) is 0 Å². The molecule has 2 rings (SSSR count). The lowest BCUT2D eigenvalue weighted by atomic mass is 10.1. The fourth-order valence-corrected chi connectivity index (χ4v) is 1.84. The molecule has 0 saturated carbocycles.